The number of aryl methyl sites for hydroxylation is 1. The van der Waals surface area contributed by atoms with Gasteiger partial charge >= 0.3 is 0 Å². The van der Waals surface area contributed by atoms with Crippen LogP contribution < -0.4 is 4.90 Å². The summed E-state index contributed by atoms with van der Waals surface area (Å²) in [6, 6.07) is 18.7. The highest BCUT2D eigenvalue weighted by molar-refractivity contribution is 5.95. The molecule has 1 aromatic heterocycles. The SMILES string of the molecule is Cc1nc2ccc(C#N)cc2c2c1CCN2CCc1ccccc1. The van der Waals surface area contributed by atoms with E-state index in [0.717, 1.165) is 42.5 Å². The first-order valence-electron chi connectivity index (χ1n) is 8.38. The van der Waals surface area contributed by atoms with E-state index in [-0.39, 0.29) is 0 Å². The number of fused-ring (bicyclic) bond motifs is 3. The molecule has 0 fully saturated rings. The van der Waals surface area contributed by atoms with E-state index in [1.807, 2.05) is 18.2 Å². The molecule has 0 N–H and O–H groups in total. The van der Waals surface area contributed by atoms with Crippen LogP contribution in [0.2, 0.25) is 0 Å². The van der Waals surface area contributed by atoms with Crippen LogP contribution in [0, 0.1) is 18.3 Å². The van der Waals surface area contributed by atoms with E-state index in [1.54, 1.807) is 0 Å². The third-order valence-corrected chi connectivity index (χ3v) is 4.85. The average Bonchev–Trinajstić information content (AvgIpc) is 3.06. The molecule has 2 aromatic carbocycles. The largest absolute Gasteiger partial charge is 0.370 e. The first kappa shape index (κ1) is 14.7. The quantitative estimate of drug-likeness (QED) is 0.733. The number of rotatable bonds is 3. The Morgan fingerprint density at radius 2 is 2.00 bits per heavy atom. The topological polar surface area (TPSA) is 39.9 Å². The highest BCUT2D eigenvalue weighted by Gasteiger charge is 2.24. The number of aromatic nitrogens is 1. The molecule has 0 unspecified atom stereocenters. The lowest BCUT2D eigenvalue weighted by Crippen LogP contribution is -2.23. The number of pyridine rings is 1. The van der Waals surface area contributed by atoms with Gasteiger partial charge < -0.3 is 4.90 Å². The molecule has 118 valence electrons. The van der Waals surface area contributed by atoms with Crippen LogP contribution in [-0.2, 0) is 12.8 Å². The molecule has 0 aliphatic carbocycles. The number of benzene rings is 2. The van der Waals surface area contributed by atoms with Crippen LogP contribution in [0.3, 0.4) is 0 Å². The second kappa shape index (κ2) is 5.98. The van der Waals surface area contributed by atoms with E-state index >= 15 is 0 Å². The van der Waals surface area contributed by atoms with Crippen LogP contribution in [0.15, 0.2) is 48.5 Å². The van der Waals surface area contributed by atoms with Gasteiger partial charge in [0.15, 0.2) is 0 Å². The minimum Gasteiger partial charge on any atom is -0.370 e. The van der Waals surface area contributed by atoms with E-state index in [2.05, 4.69) is 48.2 Å². The molecule has 3 heteroatoms. The Kier molecular flexibility index (Phi) is 3.66. The summed E-state index contributed by atoms with van der Waals surface area (Å²) in [4.78, 5) is 7.20. The summed E-state index contributed by atoms with van der Waals surface area (Å²) in [7, 11) is 0. The Morgan fingerprint density at radius 3 is 2.79 bits per heavy atom. The van der Waals surface area contributed by atoms with E-state index in [4.69, 9.17) is 4.98 Å². The molecule has 0 saturated carbocycles. The maximum atomic E-state index is 9.23. The van der Waals surface area contributed by atoms with Crippen molar-refractivity contribution >= 4 is 16.6 Å². The van der Waals surface area contributed by atoms with Crippen LogP contribution in [0.25, 0.3) is 10.9 Å². The Labute approximate surface area is 142 Å². The molecular formula is C21H19N3. The van der Waals surface area contributed by atoms with Crippen molar-refractivity contribution in [2.45, 2.75) is 19.8 Å². The predicted octanol–water partition coefficient (Wildman–Crippen LogP) is 4.02. The lowest BCUT2D eigenvalue weighted by Gasteiger charge is -2.21. The second-order valence-corrected chi connectivity index (χ2v) is 6.34. The zero-order valence-electron chi connectivity index (χ0n) is 13.8. The van der Waals surface area contributed by atoms with Gasteiger partial charge in [-0.3, -0.25) is 4.98 Å². The fraction of sp³-hybridized carbons (Fsp3) is 0.238. The van der Waals surface area contributed by atoms with Crippen molar-refractivity contribution in [1.29, 1.82) is 5.26 Å². The van der Waals surface area contributed by atoms with Crippen LogP contribution in [0.5, 0.6) is 0 Å². The van der Waals surface area contributed by atoms with E-state index < -0.39 is 0 Å². The average molecular weight is 313 g/mol. The van der Waals surface area contributed by atoms with E-state index in [9.17, 15) is 5.26 Å². The Balaban J connectivity index is 1.74. The van der Waals surface area contributed by atoms with Crippen LogP contribution in [0.1, 0.15) is 22.4 Å². The van der Waals surface area contributed by atoms with Crippen molar-refractivity contribution in [3.63, 3.8) is 0 Å². The molecule has 24 heavy (non-hydrogen) atoms. The summed E-state index contributed by atoms with van der Waals surface area (Å²) in [5, 5.41) is 10.3. The molecule has 0 saturated heterocycles. The number of hydrogen-bond donors (Lipinski definition) is 0. The highest BCUT2D eigenvalue weighted by Crippen LogP contribution is 2.37. The van der Waals surface area contributed by atoms with Crippen molar-refractivity contribution in [2.75, 3.05) is 18.0 Å². The zero-order valence-corrected chi connectivity index (χ0v) is 13.8. The van der Waals surface area contributed by atoms with Crippen molar-refractivity contribution in [1.82, 2.24) is 4.98 Å². The van der Waals surface area contributed by atoms with E-state index in [1.165, 1.54) is 16.8 Å². The Hall–Kier alpha value is -2.86. The van der Waals surface area contributed by atoms with Crippen molar-refractivity contribution in [3.05, 3.63) is 70.9 Å². The number of nitrogens with zero attached hydrogens (tertiary/aromatic N) is 3. The van der Waals surface area contributed by atoms with Gasteiger partial charge in [0.1, 0.15) is 0 Å². The van der Waals surface area contributed by atoms with Gasteiger partial charge in [0, 0.05) is 24.2 Å². The van der Waals surface area contributed by atoms with Gasteiger partial charge in [0.05, 0.1) is 22.8 Å². The smallest absolute Gasteiger partial charge is 0.0991 e. The fourth-order valence-corrected chi connectivity index (χ4v) is 3.63. The summed E-state index contributed by atoms with van der Waals surface area (Å²) < 4.78 is 0. The van der Waals surface area contributed by atoms with Gasteiger partial charge in [-0.25, -0.2) is 0 Å². The normalized spacial score (nSPS) is 13.1. The molecule has 0 bridgehead atoms. The molecule has 1 aliphatic rings. The molecule has 4 rings (SSSR count). The van der Waals surface area contributed by atoms with E-state index in [0.29, 0.717) is 5.56 Å². The van der Waals surface area contributed by atoms with Crippen molar-refractivity contribution in [2.24, 2.45) is 0 Å². The van der Waals surface area contributed by atoms with Gasteiger partial charge in [-0.05, 0) is 49.1 Å². The maximum Gasteiger partial charge on any atom is 0.0991 e. The minimum atomic E-state index is 0.699. The molecule has 3 nitrogen and oxygen atoms in total. The number of nitriles is 1. The van der Waals surface area contributed by atoms with Crippen LogP contribution in [0.4, 0.5) is 5.69 Å². The zero-order chi connectivity index (χ0) is 16.5. The summed E-state index contributed by atoms with van der Waals surface area (Å²) in [5.41, 5.74) is 6.78. The van der Waals surface area contributed by atoms with Gasteiger partial charge in [-0.2, -0.15) is 5.26 Å². The first-order chi connectivity index (χ1) is 11.8. The molecule has 0 amide bonds. The summed E-state index contributed by atoms with van der Waals surface area (Å²) in [5.74, 6) is 0. The third kappa shape index (κ3) is 2.51. The standard InChI is InChI=1S/C21H19N3/c1-15-18-10-12-24(11-9-16-5-3-2-4-6-16)21(18)19-13-17(14-22)7-8-20(19)23-15/h2-8,13H,9-12H2,1H3. The highest BCUT2D eigenvalue weighted by atomic mass is 15.1. The van der Waals surface area contributed by atoms with Crippen LogP contribution >= 0.6 is 0 Å². The van der Waals surface area contributed by atoms with Gasteiger partial charge in [-0.15, -0.1) is 0 Å². The van der Waals surface area contributed by atoms with Gasteiger partial charge in [-0.1, -0.05) is 30.3 Å². The lowest BCUT2D eigenvalue weighted by molar-refractivity contribution is 0.814. The molecule has 1 aliphatic heterocycles. The second-order valence-electron chi connectivity index (χ2n) is 6.34. The predicted molar refractivity (Wildman–Crippen MR) is 97.3 cm³/mol. The Bertz CT molecular complexity index is 939. The molecule has 3 aromatic rings. The summed E-state index contributed by atoms with van der Waals surface area (Å²) in [6.45, 7) is 4.12. The molecule has 0 spiro atoms. The van der Waals surface area contributed by atoms with Gasteiger partial charge in [0.2, 0.25) is 0 Å². The summed E-state index contributed by atoms with van der Waals surface area (Å²) in [6.07, 6.45) is 2.07. The fourth-order valence-electron chi connectivity index (χ4n) is 3.63. The Morgan fingerprint density at radius 1 is 1.17 bits per heavy atom. The minimum absolute atomic E-state index is 0.699. The molecule has 0 radical (unpaired) electrons. The molecule has 2 heterocycles. The first-order valence-corrected chi connectivity index (χ1v) is 8.38. The maximum absolute atomic E-state index is 9.23. The van der Waals surface area contributed by atoms with Crippen molar-refractivity contribution < 1.29 is 0 Å². The van der Waals surface area contributed by atoms with Crippen LogP contribution in [-0.4, -0.2) is 18.1 Å². The molecule has 0 atom stereocenters. The number of hydrogen-bond acceptors (Lipinski definition) is 3. The third-order valence-electron chi connectivity index (χ3n) is 4.85. The molecular weight excluding hydrogens is 294 g/mol. The number of anilines is 1. The monoisotopic (exact) mass is 313 g/mol. The summed E-state index contributed by atoms with van der Waals surface area (Å²) >= 11 is 0. The van der Waals surface area contributed by atoms with Gasteiger partial charge in [0.25, 0.3) is 0 Å². The lowest BCUT2D eigenvalue weighted by atomic mass is 10.0. The van der Waals surface area contributed by atoms with Crippen molar-refractivity contribution in [3.8, 4) is 6.07 Å².